The van der Waals surface area contributed by atoms with Crippen molar-refractivity contribution in [3.05, 3.63) is 38.2 Å². The lowest BCUT2D eigenvalue weighted by atomic mass is 10.2. The van der Waals surface area contributed by atoms with E-state index in [1.54, 1.807) is 10.9 Å². The summed E-state index contributed by atoms with van der Waals surface area (Å²) in [6.45, 7) is 2.00. The number of benzene rings is 1. The molecule has 2 rings (SSSR count). The minimum absolute atomic E-state index is 0.0734. The van der Waals surface area contributed by atoms with E-state index in [0.717, 1.165) is 21.9 Å². The average molecular weight is 414 g/mol. The number of nitrogens with zero attached hydrogens (tertiary/aromatic N) is 2. The van der Waals surface area contributed by atoms with Crippen LogP contribution in [-0.2, 0) is 4.79 Å². The Morgan fingerprint density at radius 3 is 2.73 bits per heavy atom. The molecule has 0 unspecified atom stereocenters. The third kappa shape index (κ3) is 3.60. The predicted molar refractivity (Wildman–Crippen MR) is 96.2 cm³/mol. The van der Waals surface area contributed by atoms with Crippen LogP contribution in [0, 0.1) is 3.57 Å². The number of carbonyl (C=O) groups excluding carboxylic acids is 1. The third-order valence-corrected chi connectivity index (χ3v) is 3.97. The molecule has 0 amide bonds. The molecule has 6 heteroatoms. The molecule has 118 valence electrons. The molecular weight excluding hydrogens is 395 g/mol. The normalized spacial score (nSPS) is 10.7. The Kier molecular flexibility index (Phi) is 5.44. The van der Waals surface area contributed by atoms with Crippen LogP contribution < -0.4 is 15.2 Å². The summed E-state index contributed by atoms with van der Waals surface area (Å²) >= 11 is 2.16. The number of halogens is 1. The summed E-state index contributed by atoms with van der Waals surface area (Å²) in [5.74, 6) is -0.293. The van der Waals surface area contributed by atoms with Gasteiger partial charge in [0.15, 0.2) is 5.75 Å². The van der Waals surface area contributed by atoms with Crippen LogP contribution in [0.3, 0.4) is 0 Å². The number of hydrogen-bond donors (Lipinski definition) is 0. The van der Waals surface area contributed by atoms with Crippen LogP contribution in [0.5, 0.6) is 5.75 Å². The van der Waals surface area contributed by atoms with Crippen molar-refractivity contribution in [3.8, 4) is 5.75 Å². The number of rotatable bonds is 5. The van der Waals surface area contributed by atoms with Crippen LogP contribution in [0.25, 0.3) is 10.9 Å². The van der Waals surface area contributed by atoms with E-state index in [4.69, 9.17) is 4.74 Å². The Bertz CT molecular complexity index is 753. The first kappa shape index (κ1) is 16.8. The lowest BCUT2D eigenvalue weighted by Crippen LogP contribution is -2.28. The van der Waals surface area contributed by atoms with Crippen LogP contribution >= 0.6 is 22.6 Å². The topological polar surface area (TPSA) is 51.5 Å². The molecule has 0 aliphatic heterocycles. The van der Waals surface area contributed by atoms with E-state index in [0.29, 0.717) is 11.8 Å². The standard InChI is InChI=1S/C16H19IN2O3/c1-4-5-6-15(20)22-14-10-19(18(2)3)13-8-7-11(17)9-12(13)16(14)21/h7-10H,4-6H2,1-3H3. The molecule has 22 heavy (non-hydrogen) atoms. The van der Waals surface area contributed by atoms with E-state index < -0.39 is 0 Å². The van der Waals surface area contributed by atoms with Crippen molar-refractivity contribution in [1.29, 1.82) is 0 Å². The zero-order valence-corrected chi connectivity index (χ0v) is 15.1. The van der Waals surface area contributed by atoms with Crippen molar-refractivity contribution >= 4 is 39.5 Å². The van der Waals surface area contributed by atoms with Crippen molar-refractivity contribution in [2.75, 3.05) is 19.1 Å². The minimum Gasteiger partial charge on any atom is -0.421 e. The van der Waals surface area contributed by atoms with E-state index in [1.165, 1.54) is 0 Å². The molecule has 0 saturated carbocycles. The lowest BCUT2D eigenvalue weighted by molar-refractivity contribution is -0.134. The molecule has 1 aromatic carbocycles. The highest BCUT2D eigenvalue weighted by Gasteiger charge is 2.14. The number of pyridine rings is 1. The first-order valence-electron chi connectivity index (χ1n) is 7.17. The second kappa shape index (κ2) is 7.13. The number of fused-ring (bicyclic) bond motifs is 1. The summed E-state index contributed by atoms with van der Waals surface area (Å²) in [4.78, 5) is 24.4. The fraction of sp³-hybridized carbons (Fsp3) is 0.375. The molecule has 0 atom stereocenters. The van der Waals surface area contributed by atoms with Gasteiger partial charge in [-0.15, -0.1) is 0 Å². The maximum atomic E-state index is 12.6. The molecule has 0 fully saturated rings. The zero-order chi connectivity index (χ0) is 16.3. The Balaban J connectivity index is 2.53. The highest BCUT2D eigenvalue weighted by Crippen LogP contribution is 2.18. The summed E-state index contributed by atoms with van der Waals surface area (Å²) in [6, 6.07) is 5.64. The smallest absolute Gasteiger partial charge is 0.311 e. The molecule has 0 saturated heterocycles. The molecule has 1 heterocycles. The van der Waals surface area contributed by atoms with Crippen molar-refractivity contribution in [3.63, 3.8) is 0 Å². The van der Waals surface area contributed by atoms with Crippen LogP contribution in [0.2, 0.25) is 0 Å². The molecule has 0 N–H and O–H groups in total. The quantitative estimate of drug-likeness (QED) is 0.558. The van der Waals surface area contributed by atoms with Gasteiger partial charge in [-0.05, 0) is 47.2 Å². The van der Waals surface area contributed by atoms with Gasteiger partial charge < -0.3 is 9.75 Å². The third-order valence-electron chi connectivity index (χ3n) is 3.30. The summed E-state index contributed by atoms with van der Waals surface area (Å²) in [5.41, 5.74) is 0.528. The summed E-state index contributed by atoms with van der Waals surface area (Å²) < 4.78 is 8.05. The van der Waals surface area contributed by atoms with Crippen LogP contribution in [0.4, 0.5) is 0 Å². The molecule has 0 bridgehead atoms. The SMILES string of the molecule is CCCCC(=O)Oc1cn(N(C)C)c2ccc(I)cc2c1=O. The number of esters is 1. The monoisotopic (exact) mass is 414 g/mol. The van der Waals surface area contributed by atoms with Crippen molar-refractivity contribution < 1.29 is 9.53 Å². The van der Waals surface area contributed by atoms with Crippen molar-refractivity contribution in [2.24, 2.45) is 0 Å². The zero-order valence-electron chi connectivity index (χ0n) is 12.9. The van der Waals surface area contributed by atoms with Gasteiger partial charge in [0.25, 0.3) is 0 Å². The molecule has 1 aromatic heterocycles. The van der Waals surface area contributed by atoms with Crippen LogP contribution in [-0.4, -0.2) is 24.7 Å². The van der Waals surface area contributed by atoms with E-state index in [-0.39, 0.29) is 17.1 Å². The Labute approximate surface area is 143 Å². The molecule has 2 aromatic rings. The molecule has 5 nitrogen and oxygen atoms in total. The van der Waals surface area contributed by atoms with Gasteiger partial charge in [-0.2, -0.15) is 0 Å². The average Bonchev–Trinajstić information content (AvgIpc) is 2.48. The van der Waals surface area contributed by atoms with Gasteiger partial charge in [-0.25, -0.2) is 0 Å². The van der Waals surface area contributed by atoms with Gasteiger partial charge in [0.05, 0.1) is 17.1 Å². The minimum atomic E-state index is -0.366. The van der Waals surface area contributed by atoms with Gasteiger partial charge in [0, 0.05) is 24.1 Å². The molecule has 0 aliphatic carbocycles. The Morgan fingerprint density at radius 1 is 1.36 bits per heavy atom. The molecule has 0 spiro atoms. The van der Waals surface area contributed by atoms with Crippen molar-refractivity contribution in [1.82, 2.24) is 4.68 Å². The fourth-order valence-corrected chi connectivity index (χ4v) is 2.65. The Morgan fingerprint density at radius 2 is 2.09 bits per heavy atom. The first-order chi connectivity index (χ1) is 10.4. The van der Waals surface area contributed by atoms with Gasteiger partial charge in [-0.3, -0.25) is 14.3 Å². The highest BCUT2D eigenvalue weighted by atomic mass is 127. The Hall–Kier alpha value is -1.57. The first-order valence-corrected chi connectivity index (χ1v) is 8.25. The van der Waals surface area contributed by atoms with Gasteiger partial charge in [0.1, 0.15) is 0 Å². The molecule has 0 radical (unpaired) electrons. The van der Waals surface area contributed by atoms with E-state index >= 15 is 0 Å². The number of hydrogen-bond acceptors (Lipinski definition) is 4. The lowest BCUT2D eigenvalue weighted by Gasteiger charge is -2.20. The number of ether oxygens (including phenoxy) is 1. The summed E-state index contributed by atoms with van der Waals surface area (Å²) in [7, 11) is 3.73. The second-order valence-corrected chi connectivity index (χ2v) is 6.50. The molecular formula is C16H19IN2O3. The van der Waals surface area contributed by atoms with Gasteiger partial charge in [-0.1, -0.05) is 13.3 Å². The maximum absolute atomic E-state index is 12.6. The highest BCUT2D eigenvalue weighted by molar-refractivity contribution is 14.1. The molecule has 0 aliphatic rings. The van der Waals surface area contributed by atoms with Gasteiger partial charge >= 0.3 is 5.97 Å². The number of carbonyl (C=O) groups is 1. The largest absolute Gasteiger partial charge is 0.421 e. The van der Waals surface area contributed by atoms with E-state index in [9.17, 15) is 9.59 Å². The van der Waals surface area contributed by atoms with Crippen LogP contribution in [0.15, 0.2) is 29.2 Å². The number of unbranched alkanes of at least 4 members (excludes halogenated alkanes) is 1. The van der Waals surface area contributed by atoms with E-state index in [2.05, 4.69) is 22.6 Å². The second-order valence-electron chi connectivity index (χ2n) is 5.25. The predicted octanol–water partition coefficient (Wildman–Crippen LogP) is 2.90. The summed E-state index contributed by atoms with van der Waals surface area (Å²) in [6.07, 6.45) is 3.56. The fourth-order valence-electron chi connectivity index (χ4n) is 2.16. The van der Waals surface area contributed by atoms with Gasteiger partial charge in [0.2, 0.25) is 5.43 Å². The summed E-state index contributed by atoms with van der Waals surface area (Å²) in [5, 5.41) is 2.37. The number of aromatic nitrogens is 1. The van der Waals surface area contributed by atoms with E-state index in [1.807, 2.05) is 44.2 Å². The maximum Gasteiger partial charge on any atom is 0.311 e. The van der Waals surface area contributed by atoms with Crippen LogP contribution in [0.1, 0.15) is 26.2 Å². The van der Waals surface area contributed by atoms with Crippen molar-refractivity contribution in [2.45, 2.75) is 26.2 Å².